The average Bonchev–Trinajstić information content (AvgIpc) is 2.73. The first-order valence-corrected chi connectivity index (χ1v) is 11.3. The van der Waals surface area contributed by atoms with Crippen LogP contribution in [0.5, 0.6) is 0 Å². The normalized spacial score (nSPS) is 20.9. The van der Waals surface area contributed by atoms with E-state index in [2.05, 4.69) is 50.6 Å². The van der Waals surface area contributed by atoms with Crippen molar-refractivity contribution in [3.63, 3.8) is 0 Å². The molecule has 3 rings (SSSR count). The number of fused-ring (bicyclic) bond motifs is 1. The molecule has 5 heteroatoms. The maximum atomic E-state index is 13.4. The molecule has 2 aliphatic rings. The summed E-state index contributed by atoms with van der Waals surface area (Å²) >= 11 is 0. The molecular weight excluding hydrogens is 413 g/mol. The monoisotopic (exact) mass is 446 g/mol. The van der Waals surface area contributed by atoms with Crippen molar-refractivity contribution in [2.45, 2.75) is 83.2 Å². The second-order valence-corrected chi connectivity index (χ2v) is 10.2. The first-order valence-electron chi connectivity index (χ1n) is 11.3. The molecule has 0 heterocycles. The number of methoxy groups -OCH3 is 1. The number of hydrogen-bond acceptors (Lipinski definition) is 2. The van der Waals surface area contributed by atoms with Gasteiger partial charge in [-0.2, -0.15) is 13.2 Å². The largest absolute Gasteiger partial charge is 0.466 e. The van der Waals surface area contributed by atoms with Gasteiger partial charge in [0.25, 0.3) is 0 Å². The van der Waals surface area contributed by atoms with Gasteiger partial charge in [0.05, 0.1) is 12.7 Å². The summed E-state index contributed by atoms with van der Waals surface area (Å²) in [7, 11) is 1.07. The molecule has 1 aromatic rings. The van der Waals surface area contributed by atoms with E-state index in [1.54, 1.807) is 0 Å². The van der Waals surface area contributed by atoms with Gasteiger partial charge in [0.2, 0.25) is 0 Å². The lowest BCUT2D eigenvalue weighted by molar-refractivity contribution is -0.135. The highest BCUT2D eigenvalue weighted by atomic mass is 19.4. The van der Waals surface area contributed by atoms with Crippen LogP contribution in [0.2, 0.25) is 0 Å². The summed E-state index contributed by atoms with van der Waals surface area (Å²) in [5.41, 5.74) is 5.00. The molecule has 0 aromatic heterocycles. The van der Waals surface area contributed by atoms with Gasteiger partial charge in [-0.3, -0.25) is 0 Å². The third-order valence-corrected chi connectivity index (χ3v) is 6.98. The number of hydrogen-bond donors (Lipinski definition) is 0. The van der Waals surface area contributed by atoms with Crippen molar-refractivity contribution >= 4 is 11.5 Å². The van der Waals surface area contributed by atoms with Gasteiger partial charge in [-0.05, 0) is 83.3 Å². The molecule has 0 bridgehead atoms. The second-order valence-electron chi connectivity index (χ2n) is 10.2. The maximum absolute atomic E-state index is 13.4. The van der Waals surface area contributed by atoms with Crippen LogP contribution >= 0.6 is 0 Å². The Morgan fingerprint density at radius 2 is 1.62 bits per heavy atom. The molecule has 1 aromatic carbocycles. The highest BCUT2D eigenvalue weighted by molar-refractivity contribution is 5.83. The molecule has 32 heavy (non-hydrogen) atoms. The zero-order chi connectivity index (χ0) is 23.7. The topological polar surface area (TPSA) is 26.3 Å². The van der Waals surface area contributed by atoms with Crippen molar-refractivity contribution in [2.75, 3.05) is 7.11 Å². The van der Waals surface area contributed by atoms with E-state index in [0.717, 1.165) is 68.4 Å². The third-order valence-electron chi connectivity index (χ3n) is 6.98. The SMILES string of the molecule is COC(=O)/C=C(\C=CC1=C(c2ccc3c(c2)C(C)(C)CCC3(C)C)CCCC1)C(F)(F)F. The first-order chi connectivity index (χ1) is 14.8. The van der Waals surface area contributed by atoms with Gasteiger partial charge in [0.1, 0.15) is 0 Å². The van der Waals surface area contributed by atoms with Crippen LogP contribution < -0.4 is 0 Å². The van der Waals surface area contributed by atoms with Gasteiger partial charge in [-0.25, -0.2) is 4.79 Å². The minimum atomic E-state index is -4.62. The summed E-state index contributed by atoms with van der Waals surface area (Å²) in [6.45, 7) is 9.10. The Hall–Kier alpha value is -2.30. The highest BCUT2D eigenvalue weighted by Crippen LogP contribution is 2.47. The van der Waals surface area contributed by atoms with Crippen molar-refractivity contribution in [3.05, 3.63) is 64.3 Å². The van der Waals surface area contributed by atoms with E-state index in [1.807, 2.05) is 0 Å². The predicted octanol–water partition coefficient (Wildman–Crippen LogP) is 7.58. The number of halogens is 3. The van der Waals surface area contributed by atoms with E-state index < -0.39 is 17.7 Å². The van der Waals surface area contributed by atoms with Gasteiger partial charge >= 0.3 is 12.1 Å². The van der Waals surface area contributed by atoms with E-state index in [-0.39, 0.29) is 10.8 Å². The summed E-state index contributed by atoms with van der Waals surface area (Å²) in [6.07, 6.45) is 4.17. The van der Waals surface area contributed by atoms with Gasteiger partial charge in [0.15, 0.2) is 0 Å². The van der Waals surface area contributed by atoms with Crippen molar-refractivity contribution in [1.29, 1.82) is 0 Å². The molecule has 0 atom stereocenters. The molecule has 0 aliphatic heterocycles. The summed E-state index contributed by atoms with van der Waals surface area (Å²) in [6, 6.07) is 6.61. The zero-order valence-corrected chi connectivity index (χ0v) is 19.7. The number of benzene rings is 1. The highest BCUT2D eigenvalue weighted by Gasteiger charge is 2.37. The summed E-state index contributed by atoms with van der Waals surface area (Å²) in [5.74, 6) is -1.01. The van der Waals surface area contributed by atoms with Crippen LogP contribution in [-0.2, 0) is 20.4 Å². The Kier molecular flexibility index (Phi) is 6.78. The molecule has 0 saturated heterocycles. The Bertz CT molecular complexity index is 975. The summed E-state index contributed by atoms with van der Waals surface area (Å²) in [5, 5.41) is 0. The molecule has 0 fully saturated rings. The van der Waals surface area contributed by atoms with E-state index in [9.17, 15) is 18.0 Å². The van der Waals surface area contributed by atoms with Crippen LogP contribution in [-0.4, -0.2) is 19.3 Å². The third kappa shape index (κ3) is 5.19. The molecule has 0 radical (unpaired) electrons. The van der Waals surface area contributed by atoms with Crippen molar-refractivity contribution in [2.24, 2.45) is 0 Å². The zero-order valence-electron chi connectivity index (χ0n) is 19.7. The molecule has 2 aliphatic carbocycles. The Balaban J connectivity index is 2.06. The molecule has 174 valence electrons. The van der Waals surface area contributed by atoms with Gasteiger partial charge < -0.3 is 4.74 Å². The van der Waals surface area contributed by atoms with E-state index in [0.29, 0.717) is 6.08 Å². The molecule has 0 unspecified atom stereocenters. The molecule has 0 saturated carbocycles. The summed E-state index contributed by atoms with van der Waals surface area (Å²) < 4.78 is 44.6. The molecule has 0 N–H and O–H groups in total. The van der Waals surface area contributed by atoms with Crippen LogP contribution in [0.1, 0.15) is 82.9 Å². The standard InChI is InChI=1S/C27H33F3O2/c1-25(2)14-15-26(3,4)23-16-19(11-13-22(23)25)21-9-7-6-8-18(21)10-12-20(27(28,29)30)17-24(31)32-5/h10-13,16-17H,6-9,14-15H2,1-5H3/b12-10?,20-17+. The van der Waals surface area contributed by atoms with Crippen molar-refractivity contribution in [3.8, 4) is 0 Å². The molecule has 2 nitrogen and oxygen atoms in total. The Morgan fingerprint density at radius 1 is 1.00 bits per heavy atom. The number of alkyl halides is 3. The van der Waals surface area contributed by atoms with E-state index in [4.69, 9.17) is 0 Å². The van der Waals surface area contributed by atoms with Crippen LogP contribution in [0.25, 0.3) is 5.57 Å². The molecule has 0 amide bonds. The minimum Gasteiger partial charge on any atom is -0.466 e. The fourth-order valence-corrected chi connectivity index (χ4v) is 4.82. The minimum absolute atomic E-state index is 0.0683. The van der Waals surface area contributed by atoms with Crippen LogP contribution in [0, 0.1) is 0 Å². The number of rotatable bonds is 4. The van der Waals surface area contributed by atoms with Crippen LogP contribution in [0.4, 0.5) is 13.2 Å². The Morgan fingerprint density at radius 3 is 2.25 bits per heavy atom. The lowest BCUT2D eigenvalue weighted by atomic mass is 9.62. The number of carbonyl (C=O) groups is 1. The Labute approximate surface area is 189 Å². The van der Waals surface area contributed by atoms with Gasteiger partial charge in [-0.1, -0.05) is 52.0 Å². The maximum Gasteiger partial charge on any atom is 0.416 e. The quantitative estimate of drug-likeness (QED) is 0.271. The van der Waals surface area contributed by atoms with Gasteiger partial charge in [-0.15, -0.1) is 0 Å². The smallest absolute Gasteiger partial charge is 0.416 e. The predicted molar refractivity (Wildman–Crippen MR) is 122 cm³/mol. The first kappa shape index (κ1) is 24.3. The number of esters is 1. The molecule has 0 spiro atoms. The van der Waals surface area contributed by atoms with E-state index >= 15 is 0 Å². The lowest BCUT2D eigenvalue weighted by Gasteiger charge is -2.42. The fraction of sp³-hybridized carbons (Fsp3) is 0.519. The number of carbonyl (C=O) groups excluding carboxylic acids is 1. The number of ether oxygens (including phenoxy) is 1. The second kappa shape index (κ2) is 8.92. The van der Waals surface area contributed by atoms with Crippen molar-refractivity contribution < 1.29 is 22.7 Å². The lowest BCUT2D eigenvalue weighted by Crippen LogP contribution is -2.33. The average molecular weight is 447 g/mol. The number of allylic oxidation sites excluding steroid dienone is 5. The van der Waals surface area contributed by atoms with E-state index in [1.165, 1.54) is 17.2 Å². The van der Waals surface area contributed by atoms with Crippen LogP contribution in [0.3, 0.4) is 0 Å². The van der Waals surface area contributed by atoms with Crippen molar-refractivity contribution in [1.82, 2.24) is 0 Å². The molecular formula is C27H33F3O2. The van der Waals surface area contributed by atoms with Gasteiger partial charge in [0, 0.05) is 6.08 Å². The van der Waals surface area contributed by atoms with Crippen LogP contribution in [0.15, 0.2) is 47.6 Å². The summed E-state index contributed by atoms with van der Waals surface area (Å²) in [4.78, 5) is 11.4. The fourth-order valence-electron chi connectivity index (χ4n) is 4.82.